The summed E-state index contributed by atoms with van der Waals surface area (Å²) in [5.74, 6) is 3.26. The molecule has 2 heterocycles. The van der Waals surface area contributed by atoms with Crippen molar-refractivity contribution in [1.29, 1.82) is 5.26 Å². The minimum Gasteiger partial charge on any atom is -0.456 e. The van der Waals surface area contributed by atoms with Gasteiger partial charge in [0.05, 0.1) is 22.6 Å². The van der Waals surface area contributed by atoms with Gasteiger partial charge in [0, 0.05) is 22.3 Å². The first kappa shape index (κ1) is 33.4. The van der Waals surface area contributed by atoms with Crippen LogP contribution in [0.15, 0.2) is 194 Å². The molecule has 5 nitrogen and oxygen atoms in total. The Hall–Kier alpha value is -7.94. The highest BCUT2D eigenvalue weighted by molar-refractivity contribution is 5.97. The fourth-order valence-electron chi connectivity index (χ4n) is 8.90. The number of rotatable bonds is 5. The largest absolute Gasteiger partial charge is 0.456 e. The Labute approximate surface area is 336 Å². The van der Waals surface area contributed by atoms with Crippen LogP contribution >= 0.6 is 0 Å². The highest BCUT2D eigenvalue weighted by atomic mass is 16.5. The molecule has 58 heavy (non-hydrogen) atoms. The van der Waals surface area contributed by atoms with Gasteiger partial charge in [0.2, 0.25) is 0 Å². The molecule has 5 heteroatoms. The van der Waals surface area contributed by atoms with Crippen LogP contribution in [-0.2, 0) is 5.41 Å². The number of aromatic nitrogens is 3. The van der Waals surface area contributed by atoms with E-state index in [4.69, 9.17) is 19.7 Å². The van der Waals surface area contributed by atoms with E-state index in [0.29, 0.717) is 23.0 Å². The number of nitrogens with zero attached hydrogens (tertiary/aromatic N) is 4. The fourth-order valence-corrected chi connectivity index (χ4v) is 8.90. The molecule has 0 bridgehead atoms. The Morgan fingerprint density at radius 1 is 0.379 bits per heavy atom. The summed E-state index contributed by atoms with van der Waals surface area (Å²) in [5, 5.41) is 9.31. The topological polar surface area (TPSA) is 71.7 Å². The number of hydrogen-bond acceptors (Lipinski definition) is 5. The van der Waals surface area contributed by atoms with Crippen molar-refractivity contribution in [2.75, 3.05) is 0 Å². The van der Waals surface area contributed by atoms with Gasteiger partial charge in [-0.2, -0.15) is 5.26 Å². The lowest BCUT2D eigenvalue weighted by Gasteiger charge is -2.40. The van der Waals surface area contributed by atoms with Gasteiger partial charge in [-0.15, -0.1) is 0 Å². The third kappa shape index (κ3) is 5.13. The summed E-state index contributed by atoms with van der Waals surface area (Å²) >= 11 is 0. The molecule has 1 atom stereocenters. The standard InChI is InChI=1S/C53H32N4O/c54-33-34-25-27-35(28-26-34)36-29-31-37(32-30-36)40-18-11-22-45-48(40)41-17-7-8-20-43(41)53(45)44-21-9-10-24-47(44)58-49-42(19-12-23-46(49)53)52-56-50(38-13-3-1-4-14-38)55-51(57-52)39-15-5-2-6-16-39/h1-32H. The second kappa shape index (κ2) is 13.4. The van der Waals surface area contributed by atoms with Gasteiger partial charge in [-0.25, -0.2) is 15.0 Å². The summed E-state index contributed by atoms with van der Waals surface area (Å²) in [6.07, 6.45) is 0. The van der Waals surface area contributed by atoms with Crippen LogP contribution in [0.2, 0.25) is 0 Å². The van der Waals surface area contributed by atoms with Crippen molar-refractivity contribution in [3.8, 4) is 85.1 Å². The molecule has 1 aliphatic carbocycles. The SMILES string of the molecule is N#Cc1ccc(-c2ccc(-c3cccc4c3-c3ccccc3C43c4ccccc4Oc4c(-c5nc(-c6ccccc6)nc(-c6ccccc6)n5)cccc43)cc2)cc1. The molecule has 2 aliphatic rings. The third-order valence-electron chi connectivity index (χ3n) is 11.5. The van der Waals surface area contributed by atoms with Crippen molar-refractivity contribution < 1.29 is 4.74 Å². The van der Waals surface area contributed by atoms with Gasteiger partial charge >= 0.3 is 0 Å². The molecule has 0 saturated carbocycles. The summed E-state index contributed by atoms with van der Waals surface area (Å²) in [6, 6.07) is 69.1. The van der Waals surface area contributed by atoms with E-state index in [9.17, 15) is 5.26 Å². The molecule has 1 aromatic heterocycles. The second-order valence-corrected chi connectivity index (χ2v) is 14.6. The smallest absolute Gasteiger partial charge is 0.167 e. The maximum absolute atomic E-state index is 9.31. The van der Waals surface area contributed by atoms with Gasteiger partial charge in [-0.3, -0.25) is 0 Å². The second-order valence-electron chi connectivity index (χ2n) is 14.6. The van der Waals surface area contributed by atoms with Crippen molar-refractivity contribution >= 4 is 0 Å². The van der Waals surface area contributed by atoms with E-state index in [1.807, 2.05) is 91.0 Å². The summed E-state index contributed by atoms with van der Waals surface area (Å²) in [4.78, 5) is 15.3. The van der Waals surface area contributed by atoms with Crippen LogP contribution in [0.5, 0.6) is 11.5 Å². The summed E-state index contributed by atoms with van der Waals surface area (Å²) in [5.41, 5.74) is 13.9. The zero-order chi connectivity index (χ0) is 38.6. The zero-order valence-electron chi connectivity index (χ0n) is 31.2. The Bertz CT molecular complexity index is 3020. The maximum atomic E-state index is 9.31. The van der Waals surface area contributed by atoms with Gasteiger partial charge < -0.3 is 4.74 Å². The minimum absolute atomic E-state index is 0.543. The number of ether oxygens (including phenoxy) is 1. The lowest BCUT2D eigenvalue weighted by Crippen LogP contribution is -2.32. The number of benzene rings is 8. The average molecular weight is 741 g/mol. The van der Waals surface area contributed by atoms with Crippen LogP contribution in [0, 0.1) is 11.3 Å². The molecule has 0 saturated heterocycles. The number of nitriles is 1. The number of para-hydroxylation sites is 2. The fraction of sp³-hybridized carbons (Fsp3) is 0.0189. The molecule has 9 aromatic rings. The summed E-state index contributed by atoms with van der Waals surface area (Å²) < 4.78 is 7.04. The van der Waals surface area contributed by atoms with E-state index >= 15 is 0 Å². The molecule has 1 aliphatic heterocycles. The van der Waals surface area contributed by atoms with E-state index in [-0.39, 0.29) is 0 Å². The first-order chi connectivity index (χ1) is 28.7. The number of fused-ring (bicyclic) bond motifs is 9. The lowest BCUT2D eigenvalue weighted by atomic mass is 9.65. The molecular weight excluding hydrogens is 709 g/mol. The van der Waals surface area contributed by atoms with Crippen LogP contribution in [-0.4, -0.2) is 15.0 Å². The van der Waals surface area contributed by atoms with Gasteiger partial charge in [0.25, 0.3) is 0 Å². The first-order valence-electron chi connectivity index (χ1n) is 19.3. The lowest BCUT2D eigenvalue weighted by molar-refractivity contribution is 0.437. The van der Waals surface area contributed by atoms with Gasteiger partial charge in [0.15, 0.2) is 17.5 Å². The molecule has 0 N–H and O–H groups in total. The average Bonchev–Trinajstić information content (AvgIpc) is 3.60. The molecule has 11 rings (SSSR count). The normalized spacial score (nSPS) is 14.4. The highest BCUT2D eigenvalue weighted by Gasteiger charge is 2.52. The minimum atomic E-state index is -0.692. The Kier molecular flexibility index (Phi) is 7.70. The van der Waals surface area contributed by atoms with E-state index in [1.165, 1.54) is 22.3 Å². The Morgan fingerprint density at radius 2 is 0.879 bits per heavy atom. The Balaban J connectivity index is 1.14. The quantitative estimate of drug-likeness (QED) is 0.176. The van der Waals surface area contributed by atoms with Gasteiger partial charge in [-0.05, 0) is 68.8 Å². The zero-order valence-corrected chi connectivity index (χ0v) is 31.2. The third-order valence-corrected chi connectivity index (χ3v) is 11.5. The van der Waals surface area contributed by atoms with Crippen LogP contribution in [0.3, 0.4) is 0 Å². The van der Waals surface area contributed by atoms with E-state index < -0.39 is 5.41 Å². The van der Waals surface area contributed by atoms with Crippen LogP contribution in [0.4, 0.5) is 0 Å². The van der Waals surface area contributed by atoms with Crippen LogP contribution < -0.4 is 4.74 Å². The van der Waals surface area contributed by atoms with Gasteiger partial charge in [0.1, 0.15) is 11.5 Å². The van der Waals surface area contributed by atoms with E-state index in [1.54, 1.807) is 0 Å². The molecule has 0 amide bonds. The highest BCUT2D eigenvalue weighted by Crippen LogP contribution is 2.64. The maximum Gasteiger partial charge on any atom is 0.167 e. The van der Waals surface area contributed by atoms with Gasteiger partial charge in [-0.1, -0.05) is 170 Å². The Morgan fingerprint density at radius 3 is 1.55 bits per heavy atom. The molecule has 270 valence electrons. The number of hydrogen-bond donors (Lipinski definition) is 0. The van der Waals surface area contributed by atoms with Crippen LogP contribution in [0.1, 0.15) is 27.8 Å². The van der Waals surface area contributed by atoms with Crippen molar-refractivity contribution in [1.82, 2.24) is 15.0 Å². The van der Waals surface area contributed by atoms with Crippen molar-refractivity contribution in [2.24, 2.45) is 0 Å². The summed E-state index contributed by atoms with van der Waals surface area (Å²) in [6.45, 7) is 0. The molecule has 1 spiro atoms. The van der Waals surface area contributed by atoms with E-state index in [2.05, 4.69) is 109 Å². The molecular formula is C53H32N4O. The summed E-state index contributed by atoms with van der Waals surface area (Å²) in [7, 11) is 0. The first-order valence-corrected chi connectivity index (χ1v) is 19.3. The van der Waals surface area contributed by atoms with Crippen molar-refractivity contribution in [3.63, 3.8) is 0 Å². The predicted octanol–water partition coefficient (Wildman–Crippen LogP) is 12.5. The molecule has 0 fully saturated rings. The molecule has 8 aromatic carbocycles. The molecule has 0 radical (unpaired) electrons. The van der Waals surface area contributed by atoms with Crippen molar-refractivity contribution in [3.05, 3.63) is 222 Å². The van der Waals surface area contributed by atoms with Crippen molar-refractivity contribution in [2.45, 2.75) is 5.41 Å². The monoisotopic (exact) mass is 740 g/mol. The van der Waals surface area contributed by atoms with E-state index in [0.717, 1.165) is 61.6 Å². The van der Waals surface area contributed by atoms with Crippen LogP contribution in [0.25, 0.3) is 67.5 Å². The predicted molar refractivity (Wildman–Crippen MR) is 229 cm³/mol. The molecule has 1 unspecified atom stereocenters.